The van der Waals surface area contributed by atoms with Crippen molar-refractivity contribution in [2.75, 3.05) is 27.2 Å². The lowest BCUT2D eigenvalue weighted by Crippen LogP contribution is -2.13. The van der Waals surface area contributed by atoms with Crippen molar-refractivity contribution < 1.29 is 0 Å². The summed E-state index contributed by atoms with van der Waals surface area (Å²) in [5.74, 6) is 0.871. The van der Waals surface area contributed by atoms with Crippen LogP contribution in [0.5, 0.6) is 0 Å². The minimum atomic E-state index is 0.871. The molecule has 0 saturated heterocycles. The van der Waals surface area contributed by atoms with Gasteiger partial charge in [0.25, 0.3) is 0 Å². The molecule has 1 atom stereocenters. The molecule has 0 radical (unpaired) electrons. The van der Waals surface area contributed by atoms with E-state index in [2.05, 4.69) is 17.6 Å². The number of hydrogen-bond acceptors (Lipinski definition) is 2. The van der Waals surface area contributed by atoms with Crippen LogP contribution in [0.4, 0.5) is 0 Å². The van der Waals surface area contributed by atoms with Gasteiger partial charge >= 0.3 is 0 Å². The van der Waals surface area contributed by atoms with E-state index in [-0.39, 0.29) is 0 Å². The Kier molecular flexibility index (Phi) is 7.96. The zero-order valence-electron chi connectivity index (χ0n) is 8.11. The summed E-state index contributed by atoms with van der Waals surface area (Å²) >= 11 is 0. The molecule has 0 heterocycles. The van der Waals surface area contributed by atoms with Gasteiger partial charge in [0.1, 0.15) is 0 Å². The zero-order valence-corrected chi connectivity index (χ0v) is 8.11. The van der Waals surface area contributed by atoms with Gasteiger partial charge in [0.2, 0.25) is 0 Å². The monoisotopic (exact) mass is 158 g/mol. The maximum atomic E-state index is 3.17. The third kappa shape index (κ3) is 7.82. The van der Waals surface area contributed by atoms with E-state index in [4.69, 9.17) is 0 Å². The molecule has 0 rings (SSSR count). The SMILES string of the molecule is CNCCCC(C)CCNC. The molecule has 0 aromatic rings. The van der Waals surface area contributed by atoms with Gasteiger partial charge in [-0.3, -0.25) is 0 Å². The molecule has 0 aromatic heterocycles. The highest BCUT2D eigenvalue weighted by Crippen LogP contribution is 2.08. The predicted molar refractivity (Wildman–Crippen MR) is 50.9 cm³/mol. The number of rotatable bonds is 7. The topological polar surface area (TPSA) is 24.1 Å². The van der Waals surface area contributed by atoms with Crippen molar-refractivity contribution >= 4 is 0 Å². The lowest BCUT2D eigenvalue weighted by molar-refractivity contribution is 0.461. The van der Waals surface area contributed by atoms with E-state index in [1.807, 2.05) is 14.1 Å². The van der Waals surface area contributed by atoms with Crippen molar-refractivity contribution in [3.8, 4) is 0 Å². The van der Waals surface area contributed by atoms with Gasteiger partial charge in [0, 0.05) is 0 Å². The average molecular weight is 158 g/mol. The number of hydrogen-bond donors (Lipinski definition) is 2. The van der Waals surface area contributed by atoms with Crippen molar-refractivity contribution in [3.05, 3.63) is 0 Å². The van der Waals surface area contributed by atoms with Gasteiger partial charge in [0.15, 0.2) is 0 Å². The molecule has 0 aromatic carbocycles. The van der Waals surface area contributed by atoms with Crippen LogP contribution in [-0.2, 0) is 0 Å². The second kappa shape index (κ2) is 8.02. The van der Waals surface area contributed by atoms with Gasteiger partial charge < -0.3 is 10.6 Å². The highest BCUT2D eigenvalue weighted by Gasteiger charge is 1.99. The van der Waals surface area contributed by atoms with Gasteiger partial charge in [-0.25, -0.2) is 0 Å². The first kappa shape index (κ1) is 10.9. The van der Waals surface area contributed by atoms with E-state index >= 15 is 0 Å². The molecule has 2 heteroatoms. The summed E-state index contributed by atoms with van der Waals surface area (Å²) in [6.07, 6.45) is 3.96. The number of nitrogens with one attached hydrogen (secondary N) is 2. The summed E-state index contributed by atoms with van der Waals surface area (Å²) in [6.45, 7) is 4.64. The summed E-state index contributed by atoms with van der Waals surface area (Å²) < 4.78 is 0. The van der Waals surface area contributed by atoms with Crippen LogP contribution in [0.15, 0.2) is 0 Å². The summed E-state index contributed by atoms with van der Waals surface area (Å²) in [5, 5.41) is 6.34. The predicted octanol–water partition coefficient (Wildman–Crippen LogP) is 1.23. The van der Waals surface area contributed by atoms with Crippen molar-refractivity contribution in [1.82, 2.24) is 10.6 Å². The highest BCUT2D eigenvalue weighted by atomic mass is 14.8. The van der Waals surface area contributed by atoms with Crippen LogP contribution in [0.3, 0.4) is 0 Å². The fourth-order valence-corrected chi connectivity index (χ4v) is 1.16. The Morgan fingerprint density at radius 1 is 1.00 bits per heavy atom. The van der Waals surface area contributed by atoms with Gasteiger partial charge in [-0.05, 0) is 52.4 Å². The Labute approximate surface area is 70.8 Å². The second-order valence-electron chi connectivity index (χ2n) is 3.24. The molecule has 11 heavy (non-hydrogen) atoms. The van der Waals surface area contributed by atoms with Crippen LogP contribution in [0, 0.1) is 5.92 Å². The van der Waals surface area contributed by atoms with Gasteiger partial charge in [-0.2, -0.15) is 0 Å². The van der Waals surface area contributed by atoms with Crippen molar-refractivity contribution in [1.29, 1.82) is 0 Å². The van der Waals surface area contributed by atoms with Crippen molar-refractivity contribution in [3.63, 3.8) is 0 Å². The molecule has 0 aliphatic carbocycles. The Balaban J connectivity index is 3.02. The second-order valence-corrected chi connectivity index (χ2v) is 3.24. The molecular formula is C9H22N2. The third-order valence-electron chi connectivity index (χ3n) is 2.01. The Hall–Kier alpha value is -0.0800. The van der Waals surface area contributed by atoms with Crippen LogP contribution in [0.2, 0.25) is 0 Å². The molecule has 2 nitrogen and oxygen atoms in total. The van der Waals surface area contributed by atoms with Crippen LogP contribution >= 0.6 is 0 Å². The third-order valence-corrected chi connectivity index (χ3v) is 2.01. The molecule has 68 valence electrons. The Morgan fingerprint density at radius 2 is 1.64 bits per heavy atom. The van der Waals surface area contributed by atoms with Crippen LogP contribution in [-0.4, -0.2) is 27.2 Å². The Morgan fingerprint density at radius 3 is 2.18 bits per heavy atom. The van der Waals surface area contributed by atoms with E-state index in [0.29, 0.717) is 0 Å². The first-order valence-corrected chi connectivity index (χ1v) is 4.60. The van der Waals surface area contributed by atoms with E-state index in [1.165, 1.54) is 19.3 Å². The first-order valence-electron chi connectivity index (χ1n) is 4.60. The van der Waals surface area contributed by atoms with E-state index in [1.54, 1.807) is 0 Å². The summed E-state index contributed by atoms with van der Waals surface area (Å²) in [7, 11) is 4.03. The lowest BCUT2D eigenvalue weighted by atomic mass is 10.0. The minimum absolute atomic E-state index is 0.871. The maximum absolute atomic E-state index is 3.17. The van der Waals surface area contributed by atoms with Gasteiger partial charge in [-0.1, -0.05) is 6.92 Å². The minimum Gasteiger partial charge on any atom is -0.320 e. The van der Waals surface area contributed by atoms with E-state index in [0.717, 1.165) is 19.0 Å². The fourth-order valence-electron chi connectivity index (χ4n) is 1.16. The van der Waals surface area contributed by atoms with Crippen LogP contribution in [0.1, 0.15) is 26.2 Å². The van der Waals surface area contributed by atoms with E-state index in [9.17, 15) is 0 Å². The normalized spacial score (nSPS) is 13.4. The molecular weight excluding hydrogens is 136 g/mol. The molecule has 0 bridgehead atoms. The smallest absolute Gasteiger partial charge is 0.00494 e. The Bertz CT molecular complexity index is 74.0. The van der Waals surface area contributed by atoms with Gasteiger partial charge in [0.05, 0.1) is 0 Å². The average Bonchev–Trinajstić information content (AvgIpc) is 2.01. The van der Waals surface area contributed by atoms with Crippen molar-refractivity contribution in [2.45, 2.75) is 26.2 Å². The fraction of sp³-hybridized carbons (Fsp3) is 1.00. The molecule has 0 aliphatic heterocycles. The molecule has 1 unspecified atom stereocenters. The summed E-state index contributed by atoms with van der Waals surface area (Å²) in [4.78, 5) is 0. The quantitative estimate of drug-likeness (QED) is 0.545. The molecule has 0 spiro atoms. The first-order chi connectivity index (χ1) is 5.31. The van der Waals surface area contributed by atoms with E-state index < -0.39 is 0 Å². The summed E-state index contributed by atoms with van der Waals surface area (Å²) in [6, 6.07) is 0. The largest absolute Gasteiger partial charge is 0.320 e. The van der Waals surface area contributed by atoms with Crippen molar-refractivity contribution in [2.24, 2.45) is 5.92 Å². The molecule has 0 fully saturated rings. The standard InChI is InChI=1S/C9H22N2/c1-9(6-8-11-3)5-4-7-10-2/h9-11H,4-8H2,1-3H3. The zero-order chi connectivity index (χ0) is 8.53. The maximum Gasteiger partial charge on any atom is -0.00494 e. The molecule has 0 saturated carbocycles. The lowest BCUT2D eigenvalue weighted by Gasteiger charge is -2.09. The molecule has 2 N–H and O–H groups in total. The molecule has 0 aliphatic rings. The summed E-state index contributed by atoms with van der Waals surface area (Å²) in [5.41, 5.74) is 0. The van der Waals surface area contributed by atoms with Crippen LogP contribution in [0.25, 0.3) is 0 Å². The highest BCUT2D eigenvalue weighted by molar-refractivity contribution is 4.55. The van der Waals surface area contributed by atoms with Gasteiger partial charge in [-0.15, -0.1) is 0 Å². The molecule has 0 amide bonds. The van der Waals surface area contributed by atoms with Crippen LogP contribution < -0.4 is 10.6 Å².